The third kappa shape index (κ3) is 3.03. The van der Waals surface area contributed by atoms with Crippen LogP contribution in [0.1, 0.15) is 24.1 Å². The fraction of sp³-hybridized carbons (Fsp3) is 0.353. The molecule has 1 aromatic carbocycles. The van der Waals surface area contributed by atoms with Crippen molar-refractivity contribution >= 4 is 28.6 Å². The maximum absolute atomic E-state index is 10.7. The van der Waals surface area contributed by atoms with Crippen LogP contribution in [0, 0.1) is 5.92 Å². The van der Waals surface area contributed by atoms with E-state index in [0.717, 1.165) is 0 Å². The van der Waals surface area contributed by atoms with Crippen LogP contribution in [-0.4, -0.2) is 47.0 Å². The summed E-state index contributed by atoms with van der Waals surface area (Å²) in [5, 5.41) is 32.4. The van der Waals surface area contributed by atoms with Crippen LogP contribution in [0.15, 0.2) is 36.9 Å². The quantitative estimate of drug-likeness (QED) is 0.325. The van der Waals surface area contributed by atoms with Gasteiger partial charge in [0.2, 0.25) is 0 Å². The van der Waals surface area contributed by atoms with Crippen molar-refractivity contribution in [3.05, 3.63) is 47.5 Å². The third-order valence-electron chi connectivity index (χ3n) is 5.17. The number of hydrogen-bond acceptors (Lipinski definition) is 8. The minimum absolute atomic E-state index is 0.340. The molecule has 9 nitrogen and oxygen atoms in total. The highest BCUT2D eigenvalue weighted by Gasteiger charge is 2.46. The Labute approximate surface area is 159 Å². The van der Waals surface area contributed by atoms with Gasteiger partial charge in [-0.3, -0.25) is 0 Å². The summed E-state index contributed by atoms with van der Waals surface area (Å²) >= 11 is 5.89. The smallest absolute Gasteiger partial charge is 0.171 e. The van der Waals surface area contributed by atoms with E-state index in [1.165, 1.54) is 12.7 Å². The molecule has 0 spiro atoms. The Morgan fingerprint density at radius 1 is 1.15 bits per heavy atom. The van der Waals surface area contributed by atoms with E-state index in [-0.39, 0.29) is 0 Å². The predicted octanol–water partition coefficient (Wildman–Crippen LogP) is 0.782. The molecule has 0 amide bonds. The molecule has 1 aliphatic carbocycles. The van der Waals surface area contributed by atoms with Gasteiger partial charge in [0.05, 0.1) is 24.6 Å². The number of nitrogen functional groups attached to an aromatic ring is 1. The van der Waals surface area contributed by atoms with Crippen molar-refractivity contribution in [3.8, 4) is 0 Å². The lowest BCUT2D eigenvalue weighted by molar-refractivity contribution is -0.0264. The van der Waals surface area contributed by atoms with E-state index in [1.54, 1.807) is 28.8 Å². The number of rotatable bonds is 4. The number of nitrogens with zero attached hydrogens (tertiary/aromatic N) is 4. The van der Waals surface area contributed by atoms with Gasteiger partial charge in [-0.15, -0.1) is 0 Å². The van der Waals surface area contributed by atoms with Gasteiger partial charge in [0.15, 0.2) is 17.0 Å². The van der Waals surface area contributed by atoms with Crippen LogP contribution in [-0.2, 0) is 0 Å². The number of hydrazine groups is 1. The van der Waals surface area contributed by atoms with Crippen LogP contribution < -0.4 is 11.3 Å². The number of aliphatic hydroxyl groups is 3. The lowest BCUT2D eigenvalue weighted by Gasteiger charge is -2.22. The molecular weight excluding hydrogens is 372 g/mol. The van der Waals surface area contributed by atoms with E-state index in [4.69, 9.17) is 17.4 Å². The molecule has 142 valence electrons. The molecule has 5 atom stereocenters. The van der Waals surface area contributed by atoms with Gasteiger partial charge in [0.25, 0.3) is 0 Å². The molecule has 2 heterocycles. The summed E-state index contributed by atoms with van der Waals surface area (Å²) in [6.07, 6.45) is 0.0754. The second-order valence-corrected chi connectivity index (χ2v) is 7.07. The number of aromatic nitrogens is 4. The number of anilines is 1. The first-order valence-corrected chi connectivity index (χ1v) is 8.83. The van der Waals surface area contributed by atoms with E-state index in [2.05, 4.69) is 20.4 Å². The van der Waals surface area contributed by atoms with Crippen LogP contribution >= 0.6 is 11.6 Å². The molecule has 6 N–H and O–H groups in total. The first kappa shape index (κ1) is 18.1. The van der Waals surface area contributed by atoms with E-state index < -0.39 is 30.3 Å². The molecule has 1 aliphatic rings. The zero-order chi connectivity index (χ0) is 19.1. The van der Waals surface area contributed by atoms with E-state index in [9.17, 15) is 15.3 Å². The zero-order valence-electron chi connectivity index (χ0n) is 14.1. The number of imidazole rings is 1. The van der Waals surface area contributed by atoms with Crippen molar-refractivity contribution in [2.45, 2.75) is 30.8 Å². The molecule has 0 bridgehead atoms. The second-order valence-electron chi connectivity index (χ2n) is 6.64. The zero-order valence-corrected chi connectivity index (χ0v) is 14.9. The normalized spacial score (nSPS) is 26.4. The van der Waals surface area contributed by atoms with Crippen LogP contribution in [0.25, 0.3) is 11.2 Å². The molecular formula is C17H19ClN6O3. The van der Waals surface area contributed by atoms with Gasteiger partial charge in [0.1, 0.15) is 12.4 Å². The van der Waals surface area contributed by atoms with Gasteiger partial charge >= 0.3 is 0 Å². The summed E-state index contributed by atoms with van der Waals surface area (Å²) in [5.41, 5.74) is 4.03. The Balaban J connectivity index is 1.65. The number of aliphatic hydroxyl groups excluding tert-OH is 3. The Bertz CT molecular complexity index is 949. The second kappa shape index (κ2) is 7.02. The van der Waals surface area contributed by atoms with E-state index in [0.29, 0.717) is 34.0 Å². The molecule has 1 unspecified atom stereocenters. The van der Waals surface area contributed by atoms with Crippen LogP contribution in [0.2, 0.25) is 5.02 Å². The van der Waals surface area contributed by atoms with Crippen molar-refractivity contribution < 1.29 is 15.3 Å². The summed E-state index contributed by atoms with van der Waals surface area (Å²) in [7, 11) is 0. The topological polar surface area (TPSA) is 142 Å². The average Bonchev–Trinajstić information content (AvgIpc) is 3.23. The fourth-order valence-corrected chi connectivity index (χ4v) is 3.87. The summed E-state index contributed by atoms with van der Waals surface area (Å²) < 4.78 is 1.68. The minimum Gasteiger partial charge on any atom is -0.390 e. The van der Waals surface area contributed by atoms with Gasteiger partial charge in [-0.2, -0.15) is 0 Å². The highest BCUT2D eigenvalue weighted by atomic mass is 35.5. The van der Waals surface area contributed by atoms with Gasteiger partial charge in [-0.25, -0.2) is 20.8 Å². The molecule has 3 aromatic rings. The first-order chi connectivity index (χ1) is 13.0. The number of halogens is 1. The van der Waals surface area contributed by atoms with Crippen molar-refractivity contribution in [2.24, 2.45) is 11.8 Å². The summed E-state index contributed by atoms with van der Waals surface area (Å²) in [5.74, 6) is 5.25. The molecule has 4 rings (SSSR count). The maximum atomic E-state index is 10.7. The standard InChI is InChI=1S/C17H19ClN6O3/c18-9-3-1-8(2-4-9)13(25)10-5-11(15(27)14(10)26)24-7-22-12-16(23-19)20-6-21-17(12)24/h1-4,6-7,10-11,13-15,25-27H,5,19H2,(H,20,21,23)/t10-,11-,13?,14-,15+/m1/s1. The SMILES string of the molecule is NNc1ncnc2c1ncn2[C@@H]1C[C@H](C(O)c2ccc(Cl)cc2)[C@@H](O)[C@H]1O. The third-order valence-corrected chi connectivity index (χ3v) is 5.42. The number of fused-ring (bicyclic) bond motifs is 1. The molecule has 27 heavy (non-hydrogen) atoms. The molecule has 0 aliphatic heterocycles. The molecule has 0 radical (unpaired) electrons. The van der Waals surface area contributed by atoms with Crippen LogP contribution in [0.5, 0.6) is 0 Å². The van der Waals surface area contributed by atoms with Crippen molar-refractivity contribution in [1.29, 1.82) is 0 Å². The summed E-state index contributed by atoms with van der Waals surface area (Å²) in [6, 6.07) is 6.27. The number of benzene rings is 1. The Kier molecular flexibility index (Phi) is 4.70. The van der Waals surface area contributed by atoms with Gasteiger partial charge in [0, 0.05) is 10.9 Å². The Hall–Kier alpha value is -2.30. The summed E-state index contributed by atoms with van der Waals surface area (Å²) in [4.78, 5) is 12.5. The molecule has 2 aromatic heterocycles. The minimum atomic E-state index is -1.10. The Morgan fingerprint density at radius 2 is 1.89 bits per heavy atom. The largest absolute Gasteiger partial charge is 0.390 e. The van der Waals surface area contributed by atoms with Crippen molar-refractivity contribution in [3.63, 3.8) is 0 Å². The van der Waals surface area contributed by atoms with Crippen molar-refractivity contribution in [2.75, 3.05) is 5.43 Å². The average molecular weight is 391 g/mol. The van der Waals surface area contributed by atoms with E-state index in [1.807, 2.05) is 0 Å². The molecule has 1 saturated carbocycles. The number of hydrogen-bond donors (Lipinski definition) is 5. The van der Waals surface area contributed by atoms with Crippen LogP contribution in [0.4, 0.5) is 5.82 Å². The Morgan fingerprint density at radius 3 is 2.59 bits per heavy atom. The number of nitrogens with one attached hydrogen (secondary N) is 1. The monoisotopic (exact) mass is 390 g/mol. The van der Waals surface area contributed by atoms with Crippen LogP contribution in [0.3, 0.4) is 0 Å². The lowest BCUT2D eigenvalue weighted by atomic mass is 9.92. The highest BCUT2D eigenvalue weighted by molar-refractivity contribution is 6.30. The molecule has 0 saturated heterocycles. The van der Waals surface area contributed by atoms with Gasteiger partial charge in [-0.05, 0) is 24.1 Å². The maximum Gasteiger partial charge on any atom is 0.171 e. The van der Waals surface area contributed by atoms with Gasteiger partial charge in [-0.1, -0.05) is 23.7 Å². The van der Waals surface area contributed by atoms with Crippen molar-refractivity contribution in [1.82, 2.24) is 19.5 Å². The first-order valence-electron chi connectivity index (χ1n) is 8.45. The predicted molar refractivity (Wildman–Crippen MR) is 98.7 cm³/mol. The molecule has 1 fully saturated rings. The number of nitrogens with two attached hydrogens (primary N) is 1. The summed E-state index contributed by atoms with van der Waals surface area (Å²) in [6.45, 7) is 0. The highest BCUT2D eigenvalue weighted by Crippen LogP contribution is 2.43. The lowest BCUT2D eigenvalue weighted by Crippen LogP contribution is -2.31. The van der Waals surface area contributed by atoms with Gasteiger partial charge < -0.3 is 25.3 Å². The van der Waals surface area contributed by atoms with E-state index >= 15 is 0 Å². The fourth-order valence-electron chi connectivity index (χ4n) is 3.74. The molecule has 10 heteroatoms.